The molecule has 2 heterocycles. The third-order valence-corrected chi connectivity index (χ3v) is 3.33. The molecule has 2 saturated heterocycles. The molecule has 0 aromatic carbocycles. The third-order valence-electron chi connectivity index (χ3n) is 3.33. The van der Waals surface area contributed by atoms with Gasteiger partial charge in [-0.25, -0.2) is 0 Å². The van der Waals surface area contributed by atoms with Crippen molar-refractivity contribution in [1.29, 1.82) is 0 Å². The van der Waals surface area contributed by atoms with Crippen LogP contribution in [0.2, 0.25) is 0 Å². The molecule has 2 aliphatic heterocycles. The SMILES string of the molecule is CCOC(=O)[C@@H]1C(=O)N2CC[C@H](OC(C)(C)C)[C@@H]12. The smallest absolute Gasteiger partial charge is 0.320 e. The van der Waals surface area contributed by atoms with Gasteiger partial charge < -0.3 is 14.4 Å². The van der Waals surface area contributed by atoms with Crippen molar-refractivity contribution in [3.05, 3.63) is 0 Å². The zero-order chi connectivity index (χ0) is 13.5. The molecule has 2 fully saturated rings. The van der Waals surface area contributed by atoms with E-state index in [9.17, 15) is 9.59 Å². The maximum absolute atomic E-state index is 11.8. The molecule has 5 heteroatoms. The number of β-lactam (4-membered cyclic amide) rings is 1. The summed E-state index contributed by atoms with van der Waals surface area (Å²) in [6.07, 6.45) is 0.737. The van der Waals surface area contributed by atoms with E-state index in [1.165, 1.54) is 0 Å². The number of nitrogens with zero attached hydrogens (tertiary/aromatic N) is 1. The molecule has 0 bridgehead atoms. The maximum atomic E-state index is 11.8. The van der Waals surface area contributed by atoms with Crippen LogP contribution in [0.4, 0.5) is 0 Å². The van der Waals surface area contributed by atoms with Crippen LogP contribution in [-0.2, 0) is 19.1 Å². The van der Waals surface area contributed by atoms with Crippen LogP contribution in [0.1, 0.15) is 34.1 Å². The highest BCUT2D eigenvalue weighted by Crippen LogP contribution is 2.39. The molecule has 2 aliphatic rings. The molecular weight excluding hydrogens is 234 g/mol. The number of hydrogen-bond acceptors (Lipinski definition) is 4. The van der Waals surface area contributed by atoms with Crippen LogP contribution in [0.25, 0.3) is 0 Å². The fourth-order valence-electron chi connectivity index (χ4n) is 2.74. The summed E-state index contributed by atoms with van der Waals surface area (Å²) in [5, 5.41) is 0. The van der Waals surface area contributed by atoms with Crippen LogP contribution in [0, 0.1) is 5.92 Å². The summed E-state index contributed by atoms with van der Waals surface area (Å²) >= 11 is 0. The van der Waals surface area contributed by atoms with Crippen molar-refractivity contribution in [2.75, 3.05) is 13.2 Å². The van der Waals surface area contributed by atoms with Crippen LogP contribution in [-0.4, -0.2) is 47.7 Å². The summed E-state index contributed by atoms with van der Waals surface area (Å²) in [5.74, 6) is -1.17. The van der Waals surface area contributed by atoms with Gasteiger partial charge in [0.15, 0.2) is 5.92 Å². The topological polar surface area (TPSA) is 55.8 Å². The van der Waals surface area contributed by atoms with E-state index < -0.39 is 11.9 Å². The van der Waals surface area contributed by atoms with E-state index in [4.69, 9.17) is 9.47 Å². The Bertz CT molecular complexity index is 360. The van der Waals surface area contributed by atoms with E-state index in [2.05, 4.69) is 0 Å². The fraction of sp³-hybridized carbons (Fsp3) is 0.846. The van der Waals surface area contributed by atoms with Crippen LogP contribution in [0.3, 0.4) is 0 Å². The number of carbonyl (C=O) groups excluding carboxylic acids is 2. The lowest BCUT2D eigenvalue weighted by Gasteiger charge is -2.44. The van der Waals surface area contributed by atoms with Crippen LogP contribution in [0.15, 0.2) is 0 Å². The first kappa shape index (κ1) is 13.3. The van der Waals surface area contributed by atoms with E-state index in [1.807, 2.05) is 20.8 Å². The second kappa shape index (κ2) is 4.53. The van der Waals surface area contributed by atoms with Gasteiger partial charge in [0.25, 0.3) is 0 Å². The Balaban J connectivity index is 2.06. The van der Waals surface area contributed by atoms with Gasteiger partial charge in [0.2, 0.25) is 5.91 Å². The molecule has 0 spiro atoms. The number of carbonyl (C=O) groups is 2. The molecule has 102 valence electrons. The highest BCUT2D eigenvalue weighted by atomic mass is 16.5. The van der Waals surface area contributed by atoms with E-state index >= 15 is 0 Å². The number of rotatable bonds is 3. The average molecular weight is 255 g/mol. The van der Waals surface area contributed by atoms with Gasteiger partial charge >= 0.3 is 5.97 Å². The molecule has 0 aliphatic carbocycles. The highest BCUT2D eigenvalue weighted by molar-refractivity contribution is 6.04. The van der Waals surface area contributed by atoms with Gasteiger partial charge in [-0.15, -0.1) is 0 Å². The predicted molar refractivity (Wildman–Crippen MR) is 64.9 cm³/mol. The fourth-order valence-corrected chi connectivity index (χ4v) is 2.74. The minimum Gasteiger partial charge on any atom is -0.465 e. The Kier molecular flexibility index (Phi) is 3.36. The normalized spacial score (nSPS) is 31.0. The van der Waals surface area contributed by atoms with Gasteiger partial charge in [0.1, 0.15) is 0 Å². The lowest BCUT2D eigenvalue weighted by molar-refractivity contribution is -0.178. The van der Waals surface area contributed by atoms with Crippen molar-refractivity contribution in [1.82, 2.24) is 4.90 Å². The lowest BCUT2D eigenvalue weighted by atomic mass is 9.86. The van der Waals surface area contributed by atoms with E-state index in [0.717, 1.165) is 6.42 Å². The molecule has 0 radical (unpaired) electrons. The number of hydrogen-bond donors (Lipinski definition) is 0. The number of ether oxygens (including phenoxy) is 2. The third kappa shape index (κ3) is 2.23. The van der Waals surface area contributed by atoms with Gasteiger partial charge in [0.05, 0.1) is 24.4 Å². The Morgan fingerprint density at radius 2 is 2.11 bits per heavy atom. The lowest BCUT2D eigenvalue weighted by Crippen LogP contribution is -2.64. The quantitative estimate of drug-likeness (QED) is 0.428. The van der Waals surface area contributed by atoms with Gasteiger partial charge in [-0.3, -0.25) is 9.59 Å². The van der Waals surface area contributed by atoms with Crippen LogP contribution < -0.4 is 0 Å². The molecule has 0 unspecified atom stereocenters. The van der Waals surface area contributed by atoms with Crippen molar-refractivity contribution in [2.45, 2.75) is 51.9 Å². The summed E-state index contributed by atoms with van der Waals surface area (Å²) < 4.78 is 10.9. The second-order valence-electron chi connectivity index (χ2n) is 5.81. The maximum Gasteiger partial charge on any atom is 0.320 e. The minimum absolute atomic E-state index is 0.0582. The molecule has 2 rings (SSSR count). The highest BCUT2D eigenvalue weighted by Gasteiger charge is 2.59. The molecule has 0 aromatic heterocycles. The van der Waals surface area contributed by atoms with Crippen molar-refractivity contribution in [2.24, 2.45) is 5.92 Å². The summed E-state index contributed by atoms with van der Waals surface area (Å²) in [6.45, 7) is 8.68. The summed E-state index contributed by atoms with van der Waals surface area (Å²) in [6, 6.07) is -0.129. The van der Waals surface area contributed by atoms with Crippen molar-refractivity contribution >= 4 is 11.9 Å². The molecule has 1 amide bonds. The van der Waals surface area contributed by atoms with E-state index in [0.29, 0.717) is 13.2 Å². The zero-order valence-corrected chi connectivity index (χ0v) is 11.4. The molecule has 0 aromatic rings. The van der Waals surface area contributed by atoms with Crippen LogP contribution >= 0.6 is 0 Å². The summed E-state index contributed by atoms with van der Waals surface area (Å²) in [7, 11) is 0. The molecule has 5 nitrogen and oxygen atoms in total. The Hall–Kier alpha value is -1.10. The number of esters is 1. The average Bonchev–Trinajstić information content (AvgIpc) is 2.55. The van der Waals surface area contributed by atoms with Crippen molar-refractivity contribution < 1.29 is 19.1 Å². The number of fused-ring (bicyclic) bond motifs is 1. The van der Waals surface area contributed by atoms with Gasteiger partial charge in [-0.1, -0.05) is 0 Å². The largest absolute Gasteiger partial charge is 0.465 e. The van der Waals surface area contributed by atoms with Crippen molar-refractivity contribution in [3.63, 3.8) is 0 Å². The second-order valence-corrected chi connectivity index (χ2v) is 5.81. The molecular formula is C13H21NO4. The Morgan fingerprint density at radius 1 is 1.44 bits per heavy atom. The first-order chi connectivity index (χ1) is 8.35. The van der Waals surface area contributed by atoms with Crippen molar-refractivity contribution in [3.8, 4) is 0 Å². The monoisotopic (exact) mass is 255 g/mol. The van der Waals surface area contributed by atoms with Gasteiger partial charge in [-0.05, 0) is 34.1 Å². The molecule has 0 saturated carbocycles. The summed E-state index contributed by atoms with van der Waals surface area (Å²) in [5.41, 5.74) is -0.265. The standard InChI is InChI=1S/C13H21NO4/c1-5-17-12(16)9-10-8(18-13(2,3)4)6-7-14(10)11(9)15/h8-10H,5-7H2,1-4H3/t8-,9-,10-/m0/s1. The van der Waals surface area contributed by atoms with E-state index in [-0.39, 0.29) is 23.7 Å². The molecule has 0 N–H and O–H groups in total. The first-order valence-electron chi connectivity index (χ1n) is 6.50. The predicted octanol–water partition coefficient (Wildman–Crippen LogP) is 0.964. The van der Waals surface area contributed by atoms with E-state index in [1.54, 1.807) is 11.8 Å². The zero-order valence-electron chi connectivity index (χ0n) is 11.4. The van der Waals surface area contributed by atoms with Crippen LogP contribution in [0.5, 0.6) is 0 Å². The minimum atomic E-state index is -0.653. The summed E-state index contributed by atoms with van der Waals surface area (Å²) in [4.78, 5) is 25.3. The first-order valence-corrected chi connectivity index (χ1v) is 6.50. The van der Waals surface area contributed by atoms with Gasteiger partial charge in [-0.2, -0.15) is 0 Å². The molecule has 3 atom stereocenters. The Morgan fingerprint density at radius 3 is 2.67 bits per heavy atom. The van der Waals surface area contributed by atoms with Gasteiger partial charge in [0, 0.05) is 6.54 Å². The Labute approximate surface area is 107 Å². The number of amides is 1. The molecule has 18 heavy (non-hydrogen) atoms.